The van der Waals surface area contributed by atoms with E-state index in [9.17, 15) is 0 Å². The van der Waals surface area contributed by atoms with Crippen LogP contribution in [0.4, 0.5) is 0 Å². The first kappa shape index (κ1) is 17.1. The molecule has 1 aromatic carbocycles. The van der Waals surface area contributed by atoms with Crippen LogP contribution in [0.5, 0.6) is 11.5 Å². The van der Waals surface area contributed by atoms with Crippen molar-refractivity contribution in [1.82, 2.24) is 5.32 Å². The van der Waals surface area contributed by atoms with E-state index in [-0.39, 0.29) is 0 Å². The van der Waals surface area contributed by atoms with E-state index in [1.165, 1.54) is 5.57 Å². The Hall–Kier alpha value is -1.00. The molecule has 0 spiro atoms. The van der Waals surface area contributed by atoms with Gasteiger partial charge in [-0.05, 0) is 53.5 Å². The molecule has 0 saturated carbocycles. The van der Waals surface area contributed by atoms with E-state index < -0.39 is 0 Å². The maximum atomic E-state index is 5.61. The Kier molecular flexibility index (Phi) is 7.10. The van der Waals surface area contributed by atoms with Gasteiger partial charge in [-0.15, -0.1) is 0 Å². The molecular formula is C16H24BrNO2. The van der Waals surface area contributed by atoms with E-state index in [1.54, 1.807) is 7.11 Å². The summed E-state index contributed by atoms with van der Waals surface area (Å²) in [4.78, 5) is 0. The normalized spacial score (nSPS) is 11.8. The summed E-state index contributed by atoms with van der Waals surface area (Å²) in [6.45, 7) is 7.85. The zero-order chi connectivity index (χ0) is 15.1. The van der Waals surface area contributed by atoms with Crippen molar-refractivity contribution < 1.29 is 9.47 Å². The Bertz CT molecular complexity index is 470. The van der Waals surface area contributed by atoms with Crippen LogP contribution < -0.4 is 14.8 Å². The Labute approximate surface area is 130 Å². The van der Waals surface area contributed by atoms with Crippen LogP contribution in [0.3, 0.4) is 0 Å². The van der Waals surface area contributed by atoms with Crippen molar-refractivity contribution >= 4 is 22.0 Å². The van der Waals surface area contributed by atoms with Gasteiger partial charge in [0.2, 0.25) is 0 Å². The first-order valence-electron chi connectivity index (χ1n) is 6.88. The predicted molar refractivity (Wildman–Crippen MR) is 88.6 cm³/mol. The second kappa shape index (κ2) is 8.32. The van der Waals surface area contributed by atoms with Gasteiger partial charge in [0.15, 0.2) is 11.5 Å². The lowest BCUT2D eigenvalue weighted by Gasteiger charge is -2.14. The van der Waals surface area contributed by atoms with Gasteiger partial charge in [-0.2, -0.15) is 0 Å². The molecule has 0 atom stereocenters. The SMILES string of the molecule is CCOc1c(Br)cc(C=C(CNC)C(C)C)cc1OC. The molecule has 0 radical (unpaired) electrons. The second-order valence-electron chi connectivity index (χ2n) is 4.87. The number of halogens is 1. The number of hydrogen-bond donors (Lipinski definition) is 1. The fourth-order valence-corrected chi connectivity index (χ4v) is 2.52. The second-order valence-corrected chi connectivity index (χ2v) is 5.73. The van der Waals surface area contributed by atoms with Gasteiger partial charge in [0.25, 0.3) is 0 Å². The average molecular weight is 342 g/mol. The van der Waals surface area contributed by atoms with Gasteiger partial charge >= 0.3 is 0 Å². The fraction of sp³-hybridized carbons (Fsp3) is 0.500. The molecule has 3 nitrogen and oxygen atoms in total. The van der Waals surface area contributed by atoms with Gasteiger partial charge in [0, 0.05) is 6.54 Å². The van der Waals surface area contributed by atoms with E-state index in [0.717, 1.165) is 28.1 Å². The fourth-order valence-electron chi connectivity index (χ4n) is 1.95. The minimum Gasteiger partial charge on any atom is -0.493 e. The highest BCUT2D eigenvalue weighted by atomic mass is 79.9. The third kappa shape index (κ3) is 4.53. The Balaban J connectivity index is 3.19. The summed E-state index contributed by atoms with van der Waals surface area (Å²) >= 11 is 3.56. The molecule has 0 aliphatic rings. The number of ether oxygens (including phenoxy) is 2. The van der Waals surface area contributed by atoms with E-state index in [2.05, 4.69) is 47.2 Å². The molecule has 112 valence electrons. The number of nitrogens with one attached hydrogen (secondary N) is 1. The summed E-state index contributed by atoms with van der Waals surface area (Å²) in [6, 6.07) is 4.07. The molecule has 1 N–H and O–H groups in total. The predicted octanol–water partition coefficient (Wildman–Crippen LogP) is 4.12. The molecule has 1 rings (SSSR count). The van der Waals surface area contributed by atoms with Gasteiger partial charge in [-0.25, -0.2) is 0 Å². The van der Waals surface area contributed by atoms with Crippen LogP contribution >= 0.6 is 15.9 Å². The topological polar surface area (TPSA) is 30.5 Å². The molecule has 20 heavy (non-hydrogen) atoms. The van der Waals surface area contributed by atoms with Gasteiger partial charge in [0.05, 0.1) is 18.2 Å². The number of methoxy groups -OCH3 is 1. The highest BCUT2D eigenvalue weighted by Crippen LogP contribution is 2.37. The Morgan fingerprint density at radius 3 is 2.60 bits per heavy atom. The summed E-state index contributed by atoms with van der Waals surface area (Å²) in [5.41, 5.74) is 2.46. The van der Waals surface area contributed by atoms with Crippen LogP contribution in [-0.2, 0) is 0 Å². The number of rotatable bonds is 7. The summed E-state index contributed by atoms with van der Waals surface area (Å²) in [7, 11) is 3.62. The van der Waals surface area contributed by atoms with Crippen LogP contribution in [0.1, 0.15) is 26.3 Å². The highest BCUT2D eigenvalue weighted by Gasteiger charge is 2.11. The molecule has 0 fully saturated rings. The Morgan fingerprint density at radius 1 is 1.40 bits per heavy atom. The molecule has 1 aromatic rings. The number of hydrogen-bond acceptors (Lipinski definition) is 3. The lowest BCUT2D eigenvalue weighted by atomic mass is 10.00. The van der Waals surface area contributed by atoms with E-state index in [1.807, 2.05) is 20.0 Å². The van der Waals surface area contributed by atoms with Crippen molar-refractivity contribution in [2.45, 2.75) is 20.8 Å². The minimum absolute atomic E-state index is 0.499. The van der Waals surface area contributed by atoms with Crippen LogP contribution in [0.2, 0.25) is 0 Å². The summed E-state index contributed by atoms with van der Waals surface area (Å²) in [5.74, 6) is 2.01. The maximum Gasteiger partial charge on any atom is 0.175 e. The van der Waals surface area contributed by atoms with Gasteiger partial charge < -0.3 is 14.8 Å². The van der Waals surface area contributed by atoms with Crippen molar-refractivity contribution in [1.29, 1.82) is 0 Å². The lowest BCUT2D eigenvalue weighted by molar-refractivity contribution is 0.309. The van der Waals surface area contributed by atoms with Crippen LogP contribution in [-0.4, -0.2) is 27.3 Å². The van der Waals surface area contributed by atoms with Gasteiger partial charge in [-0.3, -0.25) is 0 Å². The monoisotopic (exact) mass is 341 g/mol. The highest BCUT2D eigenvalue weighted by molar-refractivity contribution is 9.10. The van der Waals surface area contributed by atoms with E-state index >= 15 is 0 Å². The number of benzene rings is 1. The van der Waals surface area contributed by atoms with Crippen LogP contribution in [0, 0.1) is 5.92 Å². The molecule has 0 heterocycles. The maximum absolute atomic E-state index is 5.61. The minimum atomic E-state index is 0.499. The smallest absolute Gasteiger partial charge is 0.175 e. The number of likely N-dealkylation sites (N-methyl/N-ethyl adjacent to an activating group) is 1. The van der Waals surface area contributed by atoms with Gasteiger partial charge in [0.1, 0.15) is 0 Å². The molecule has 0 saturated heterocycles. The summed E-state index contributed by atoms with van der Waals surface area (Å²) in [6.07, 6.45) is 2.20. The van der Waals surface area contributed by atoms with Gasteiger partial charge in [-0.1, -0.05) is 25.5 Å². The molecule has 0 aromatic heterocycles. The van der Waals surface area contributed by atoms with E-state index in [0.29, 0.717) is 12.5 Å². The molecular weight excluding hydrogens is 318 g/mol. The first-order chi connectivity index (χ1) is 9.53. The molecule has 0 unspecified atom stereocenters. The summed E-state index contributed by atoms with van der Waals surface area (Å²) < 4.78 is 11.9. The molecule has 4 heteroatoms. The van der Waals surface area contributed by atoms with E-state index in [4.69, 9.17) is 9.47 Å². The standard InChI is InChI=1S/C16H24BrNO2/c1-6-20-16-14(17)8-12(9-15(16)19-5)7-13(10-18-4)11(2)3/h7-9,11,18H,6,10H2,1-5H3. The third-order valence-electron chi connectivity index (χ3n) is 3.01. The zero-order valence-corrected chi connectivity index (χ0v) is 14.5. The average Bonchev–Trinajstić information content (AvgIpc) is 2.40. The Morgan fingerprint density at radius 2 is 2.10 bits per heavy atom. The molecule has 0 aliphatic carbocycles. The largest absolute Gasteiger partial charge is 0.493 e. The van der Waals surface area contributed by atoms with Crippen molar-refractivity contribution in [3.05, 3.63) is 27.7 Å². The van der Waals surface area contributed by atoms with Crippen LogP contribution in [0.25, 0.3) is 6.08 Å². The zero-order valence-electron chi connectivity index (χ0n) is 12.9. The third-order valence-corrected chi connectivity index (χ3v) is 3.60. The molecule has 0 amide bonds. The van der Waals surface area contributed by atoms with Crippen molar-refractivity contribution in [2.24, 2.45) is 5.92 Å². The first-order valence-corrected chi connectivity index (χ1v) is 7.68. The van der Waals surface area contributed by atoms with Crippen molar-refractivity contribution in [3.8, 4) is 11.5 Å². The quantitative estimate of drug-likeness (QED) is 0.809. The molecule has 0 bridgehead atoms. The van der Waals surface area contributed by atoms with Crippen LogP contribution in [0.15, 0.2) is 22.2 Å². The van der Waals surface area contributed by atoms with Crippen molar-refractivity contribution in [2.75, 3.05) is 27.3 Å². The molecule has 0 aliphatic heterocycles. The van der Waals surface area contributed by atoms with Crippen molar-refractivity contribution in [3.63, 3.8) is 0 Å². The lowest BCUT2D eigenvalue weighted by Crippen LogP contribution is -2.13. The summed E-state index contributed by atoms with van der Waals surface area (Å²) in [5, 5.41) is 3.21.